The van der Waals surface area contributed by atoms with Crippen molar-refractivity contribution in [2.24, 2.45) is 0 Å². The maximum atomic E-state index is 10.3. The molecule has 0 spiro atoms. The molecule has 0 bridgehead atoms. The highest BCUT2D eigenvalue weighted by Crippen LogP contribution is 2.21. The van der Waals surface area contributed by atoms with Crippen LogP contribution in [0.5, 0.6) is 5.75 Å². The van der Waals surface area contributed by atoms with Gasteiger partial charge < -0.3 is 19.5 Å². The van der Waals surface area contributed by atoms with Crippen molar-refractivity contribution in [1.82, 2.24) is 9.55 Å². The van der Waals surface area contributed by atoms with Gasteiger partial charge in [-0.25, -0.2) is 4.98 Å². The largest absolute Gasteiger partial charge is 0.491 e. The van der Waals surface area contributed by atoms with Gasteiger partial charge in [0.15, 0.2) is 0 Å². The average Bonchev–Trinajstić information content (AvgIpc) is 2.93. The lowest BCUT2D eigenvalue weighted by atomic mass is 10.2. The summed E-state index contributed by atoms with van der Waals surface area (Å²) in [6, 6.07) is 15.4. The molecule has 126 valence electrons. The van der Waals surface area contributed by atoms with Crippen molar-refractivity contribution in [2.75, 3.05) is 6.61 Å². The Kier molecular flexibility index (Phi) is 4.83. The molecular weight excluding hydrogens is 304 g/mol. The van der Waals surface area contributed by atoms with Crippen molar-refractivity contribution in [2.45, 2.75) is 32.6 Å². The Bertz CT molecular complexity index is 809. The number of hydrogen-bond acceptors (Lipinski definition) is 4. The molecule has 5 nitrogen and oxygen atoms in total. The molecule has 0 radical (unpaired) electrons. The number of rotatable bonds is 6. The van der Waals surface area contributed by atoms with Crippen LogP contribution in [0.2, 0.25) is 0 Å². The minimum atomic E-state index is -0.707. The van der Waals surface area contributed by atoms with Crippen molar-refractivity contribution in [3.63, 3.8) is 0 Å². The first-order valence-corrected chi connectivity index (χ1v) is 8.05. The summed E-state index contributed by atoms with van der Waals surface area (Å²) in [5, 5.41) is 20.3. The van der Waals surface area contributed by atoms with Crippen LogP contribution in [0.1, 0.15) is 24.4 Å². The summed E-state index contributed by atoms with van der Waals surface area (Å²) >= 11 is 0. The Morgan fingerprint density at radius 1 is 1.08 bits per heavy atom. The van der Waals surface area contributed by atoms with E-state index in [1.807, 2.05) is 60.0 Å². The third-order valence-electron chi connectivity index (χ3n) is 3.91. The fourth-order valence-electron chi connectivity index (χ4n) is 2.70. The first kappa shape index (κ1) is 16.5. The quantitative estimate of drug-likeness (QED) is 0.731. The van der Waals surface area contributed by atoms with Crippen LogP contribution < -0.4 is 4.74 Å². The van der Waals surface area contributed by atoms with E-state index in [0.29, 0.717) is 12.4 Å². The minimum absolute atomic E-state index is 0.175. The zero-order chi connectivity index (χ0) is 17.1. The third-order valence-corrected chi connectivity index (χ3v) is 3.91. The molecule has 3 aromatic rings. The Morgan fingerprint density at radius 2 is 1.79 bits per heavy atom. The van der Waals surface area contributed by atoms with E-state index in [0.717, 1.165) is 22.3 Å². The van der Waals surface area contributed by atoms with E-state index < -0.39 is 12.2 Å². The molecule has 1 heterocycles. The summed E-state index contributed by atoms with van der Waals surface area (Å²) in [4.78, 5) is 4.45. The van der Waals surface area contributed by atoms with Gasteiger partial charge in [0, 0.05) is 0 Å². The highest BCUT2D eigenvalue weighted by atomic mass is 16.5. The Balaban J connectivity index is 1.73. The van der Waals surface area contributed by atoms with E-state index in [-0.39, 0.29) is 6.61 Å². The second kappa shape index (κ2) is 7.03. The van der Waals surface area contributed by atoms with Crippen molar-refractivity contribution in [3.05, 3.63) is 59.9 Å². The number of fused-ring (bicyclic) bond motifs is 1. The molecule has 24 heavy (non-hydrogen) atoms. The lowest BCUT2D eigenvalue weighted by Gasteiger charge is -2.16. The average molecular weight is 326 g/mol. The normalized spacial score (nSPS) is 13.8. The highest BCUT2D eigenvalue weighted by Gasteiger charge is 2.17. The van der Waals surface area contributed by atoms with Crippen molar-refractivity contribution in [3.8, 4) is 5.75 Å². The third kappa shape index (κ3) is 3.58. The molecular formula is C19H22N2O3. The van der Waals surface area contributed by atoms with Crippen LogP contribution in [-0.2, 0) is 6.54 Å². The van der Waals surface area contributed by atoms with Gasteiger partial charge in [0.2, 0.25) is 0 Å². The summed E-state index contributed by atoms with van der Waals surface area (Å²) in [7, 11) is 0. The summed E-state index contributed by atoms with van der Waals surface area (Å²) in [5.74, 6) is 1.27. The molecule has 0 aliphatic carbocycles. The zero-order valence-corrected chi connectivity index (χ0v) is 13.9. The lowest BCUT2D eigenvalue weighted by molar-refractivity contribution is 0.0895. The van der Waals surface area contributed by atoms with Gasteiger partial charge in [-0.3, -0.25) is 0 Å². The van der Waals surface area contributed by atoms with Gasteiger partial charge in [-0.1, -0.05) is 29.8 Å². The number of aliphatic hydroxyl groups excluding tert-OH is 2. The van der Waals surface area contributed by atoms with Crippen LogP contribution in [0.3, 0.4) is 0 Å². The Labute approximate surface area is 141 Å². The number of ether oxygens (including phenoxy) is 1. The lowest BCUT2D eigenvalue weighted by Crippen LogP contribution is -2.25. The Hall–Kier alpha value is -2.37. The summed E-state index contributed by atoms with van der Waals surface area (Å²) in [5.41, 5.74) is 2.86. The number of aryl methyl sites for hydroxylation is 1. The van der Waals surface area contributed by atoms with Crippen LogP contribution in [0.15, 0.2) is 48.5 Å². The second-order valence-corrected chi connectivity index (χ2v) is 6.02. The minimum Gasteiger partial charge on any atom is -0.491 e. The van der Waals surface area contributed by atoms with Gasteiger partial charge in [0.25, 0.3) is 0 Å². The standard InChI is InChI=1S/C19H22N2O3/c1-13-7-9-16(10-8-13)24-12-15(23)11-21-18-6-4-3-5-17(18)20-19(21)14(2)22/h3-10,14-15,22-23H,11-12H2,1-2H3. The number of hydrogen-bond donors (Lipinski definition) is 2. The molecule has 3 rings (SSSR count). The first-order valence-electron chi connectivity index (χ1n) is 8.05. The topological polar surface area (TPSA) is 67.5 Å². The molecule has 0 fully saturated rings. The summed E-state index contributed by atoms with van der Waals surface area (Å²) < 4.78 is 7.49. The molecule has 0 aliphatic rings. The van der Waals surface area contributed by atoms with Gasteiger partial charge >= 0.3 is 0 Å². The monoisotopic (exact) mass is 326 g/mol. The van der Waals surface area contributed by atoms with Gasteiger partial charge in [-0.15, -0.1) is 0 Å². The van der Waals surface area contributed by atoms with Crippen LogP contribution in [0.25, 0.3) is 11.0 Å². The number of aromatic nitrogens is 2. The summed E-state index contributed by atoms with van der Waals surface area (Å²) in [6.45, 7) is 4.18. The number of imidazole rings is 1. The number of para-hydroxylation sites is 2. The van der Waals surface area contributed by atoms with Gasteiger partial charge in [0.05, 0.1) is 17.6 Å². The van der Waals surface area contributed by atoms with E-state index in [1.54, 1.807) is 6.92 Å². The van der Waals surface area contributed by atoms with E-state index >= 15 is 0 Å². The van der Waals surface area contributed by atoms with Crippen LogP contribution >= 0.6 is 0 Å². The molecule has 0 aliphatic heterocycles. The molecule has 0 saturated heterocycles. The maximum Gasteiger partial charge on any atom is 0.138 e. The molecule has 2 unspecified atom stereocenters. The van der Waals surface area contributed by atoms with Gasteiger partial charge in [-0.05, 0) is 38.1 Å². The van der Waals surface area contributed by atoms with Crippen LogP contribution in [-0.4, -0.2) is 32.5 Å². The van der Waals surface area contributed by atoms with E-state index in [9.17, 15) is 10.2 Å². The maximum absolute atomic E-state index is 10.3. The van der Waals surface area contributed by atoms with Gasteiger partial charge in [-0.2, -0.15) is 0 Å². The van der Waals surface area contributed by atoms with Gasteiger partial charge in [0.1, 0.15) is 30.4 Å². The fraction of sp³-hybridized carbons (Fsp3) is 0.316. The molecule has 2 atom stereocenters. The molecule has 0 amide bonds. The highest BCUT2D eigenvalue weighted by molar-refractivity contribution is 5.76. The van der Waals surface area contributed by atoms with Crippen molar-refractivity contribution >= 4 is 11.0 Å². The Morgan fingerprint density at radius 3 is 2.50 bits per heavy atom. The zero-order valence-electron chi connectivity index (χ0n) is 13.9. The van der Waals surface area contributed by atoms with Crippen molar-refractivity contribution < 1.29 is 14.9 Å². The fourth-order valence-corrected chi connectivity index (χ4v) is 2.70. The summed E-state index contributed by atoms with van der Waals surface area (Å²) in [6.07, 6.45) is -1.41. The first-order chi connectivity index (χ1) is 11.5. The van der Waals surface area contributed by atoms with Crippen molar-refractivity contribution in [1.29, 1.82) is 0 Å². The van der Waals surface area contributed by atoms with Crippen LogP contribution in [0.4, 0.5) is 0 Å². The smallest absolute Gasteiger partial charge is 0.138 e. The van der Waals surface area contributed by atoms with E-state index in [1.165, 1.54) is 0 Å². The van der Waals surface area contributed by atoms with Crippen LogP contribution in [0, 0.1) is 6.92 Å². The number of benzene rings is 2. The SMILES string of the molecule is Cc1ccc(OCC(O)Cn2c(C(C)O)nc3ccccc32)cc1. The number of nitrogens with zero attached hydrogens (tertiary/aromatic N) is 2. The molecule has 1 aromatic heterocycles. The predicted octanol–water partition coefficient (Wildman–Crippen LogP) is 2.84. The molecule has 2 N–H and O–H groups in total. The molecule has 5 heteroatoms. The molecule has 0 saturated carbocycles. The predicted molar refractivity (Wildman–Crippen MR) is 93.0 cm³/mol. The number of aliphatic hydroxyl groups is 2. The molecule has 2 aromatic carbocycles. The van der Waals surface area contributed by atoms with E-state index in [2.05, 4.69) is 4.98 Å². The second-order valence-electron chi connectivity index (χ2n) is 6.02. The van der Waals surface area contributed by atoms with E-state index in [4.69, 9.17) is 4.74 Å².